The van der Waals surface area contributed by atoms with Gasteiger partial charge in [-0.2, -0.15) is 0 Å². The van der Waals surface area contributed by atoms with Crippen LogP contribution in [0.3, 0.4) is 0 Å². The van der Waals surface area contributed by atoms with E-state index in [-0.39, 0.29) is 23.2 Å². The molecule has 1 unspecified atom stereocenters. The van der Waals surface area contributed by atoms with Crippen LogP contribution in [0.1, 0.15) is 38.3 Å². The summed E-state index contributed by atoms with van der Waals surface area (Å²) in [4.78, 5) is 14.5. The molecule has 1 atom stereocenters. The van der Waals surface area contributed by atoms with Crippen LogP contribution in [-0.2, 0) is 4.79 Å². The molecule has 1 aliphatic rings. The van der Waals surface area contributed by atoms with E-state index in [1.54, 1.807) is 17.0 Å². The Kier molecular flexibility index (Phi) is 4.43. The molecule has 20 heavy (non-hydrogen) atoms. The Hall–Kier alpha value is -1.42. The van der Waals surface area contributed by atoms with Crippen LogP contribution in [0.5, 0.6) is 0 Å². The summed E-state index contributed by atoms with van der Waals surface area (Å²) in [5, 5.41) is 3.29. The van der Waals surface area contributed by atoms with Crippen molar-refractivity contribution in [2.75, 3.05) is 20.1 Å². The average molecular weight is 278 g/mol. The second-order valence-corrected chi connectivity index (χ2v) is 5.95. The number of halogens is 1. The lowest BCUT2D eigenvalue weighted by molar-refractivity contribution is -0.143. The predicted octanol–water partition coefficient (Wildman–Crippen LogP) is 2.73. The first-order valence-electron chi connectivity index (χ1n) is 7.17. The second kappa shape index (κ2) is 5.92. The Morgan fingerprint density at radius 1 is 1.30 bits per heavy atom. The smallest absolute Gasteiger partial charge is 0.228 e. The summed E-state index contributed by atoms with van der Waals surface area (Å²) in [6.07, 6.45) is 1.73. The van der Waals surface area contributed by atoms with Crippen LogP contribution in [0.15, 0.2) is 24.3 Å². The minimum absolute atomic E-state index is 0.0465. The fraction of sp³-hybridized carbons (Fsp3) is 0.562. The maximum Gasteiger partial charge on any atom is 0.228 e. The van der Waals surface area contributed by atoms with Gasteiger partial charge in [0, 0.05) is 12.5 Å². The zero-order chi connectivity index (χ0) is 14.8. The summed E-state index contributed by atoms with van der Waals surface area (Å²) in [5.41, 5.74) is 0.675. The van der Waals surface area contributed by atoms with Crippen molar-refractivity contribution in [2.24, 2.45) is 5.41 Å². The number of nitrogens with one attached hydrogen (secondary N) is 1. The van der Waals surface area contributed by atoms with Gasteiger partial charge in [0.15, 0.2) is 0 Å². The van der Waals surface area contributed by atoms with E-state index in [2.05, 4.69) is 5.32 Å². The zero-order valence-electron chi connectivity index (χ0n) is 12.4. The standard InChI is InChI=1S/C16H23FN2O/c1-12(13-4-6-14(17)7-5-13)19(3)15(20)16(2)8-10-18-11-9-16/h4-7,12,18H,8-11H2,1-3H3. The maximum atomic E-state index is 13.0. The number of carbonyl (C=O) groups is 1. The fourth-order valence-electron chi connectivity index (χ4n) is 2.76. The molecular weight excluding hydrogens is 255 g/mol. The highest BCUT2D eigenvalue weighted by Crippen LogP contribution is 2.33. The lowest BCUT2D eigenvalue weighted by atomic mass is 9.79. The lowest BCUT2D eigenvalue weighted by Gasteiger charge is -2.38. The monoisotopic (exact) mass is 278 g/mol. The van der Waals surface area contributed by atoms with Crippen molar-refractivity contribution in [3.8, 4) is 0 Å². The van der Waals surface area contributed by atoms with Crippen LogP contribution in [0.4, 0.5) is 4.39 Å². The highest BCUT2D eigenvalue weighted by atomic mass is 19.1. The van der Waals surface area contributed by atoms with Gasteiger partial charge in [-0.3, -0.25) is 4.79 Å². The van der Waals surface area contributed by atoms with Crippen molar-refractivity contribution in [2.45, 2.75) is 32.7 Å². The van der Waals surface area contributed by atoms with Gasteiger partial charge < -0.3 is 10.2 Å². The van der Waals surface area contributed by atoms with Gasteiger partial charge in [0.2, 0.25) is 5.91 Å². The van der Waals surface area contributed by atoms with Crippen molar-refractivity contribution in [3.63, 3.8) is 0 Å². The normalized spacial score (nSPS) is 19.4. The van der Waals surface area contributed by atoms with Crippen LogP contribution in [0.25, 0.3) is 0 Å². The molecule has 3 nitrogen and oxygen atoms in total. The molecule has 1 amide bonds. The summed E-state index contributed by atoms with van der Waals surface area (Å²) in [5.74, 6) is -0.0731. The number of nitrogens with zero attached hydrogens (tertiary/aromatic N) is 1. The van der Waals surface area contributed by atoms with Crippen molar-refractivity contribution < 1.29 is 9.18 Å². The van der Waals surface area contributed by atoms with Crippen LogP contribution in [0.2, 0.25) is 0 Å². The van der Waals surface area contributed by atoms with Gasteiger partial charge in [-0.15, -0.1) is 0 Å². The van der Waals surface area contributed by atoms with E-state index in [4.69, 9.17) is 0 Å². The molecule has 1 aliphatic heterocycles. The molecule has 1 saturated heterocycles. The molecule has 0 aromatic heterocycles. The van der Waals surface area contributed by atoms with Gasteiger partial charge in [0.05, 0.1) is 6.04 Å². The number of hydrogen-bond acceptors (Lipinski definition) is 2. The zero-order valence-corrected chi connectivity index (χ0v) is 12.4. The minimum atomic E-state index is -0.283. The third kappa shape index (κ3) is 3.01. The van der Waals surface area contributed by atoms with Gasteiger partial charge >= 0.3 is 0 Å². The van der Waals surface area contributed by atoms with Gasteiger partial charge in [-0.1, -0.05) is 19.1 Å². The van der Waals surface area contributed by atoms with E-state index in [1.807, 2.05) is 20.9 Å². The highest BCUT2D eigenvalue weighted by molar-refractivity contribution is 5.82. The van der Waals surface area contributed by atoms with E-state index in [0.29, 0.717) is 0 Å². The van der Waals surface area contributed by atoms with Crippen LogP contribution in [-0.4, -0.2) is 30.9 Å². The third-order valence-corrected chi connectivity index (χ3v) is 4.48. The Morgan fingerprint density at radius 2 is 1.85 bits per heavy atom. The van der Waals surface area contributed by atoms with E-state index in [1.165, 1.54) is 12.1 Å². The largest absolute Gasteiger partial charge is 0.339 e. The number of benzene rings is 1. The lowest BCUT2D eigenvalue weighted by Crippen LogP contribution is -2.47. The van der Waals surface area contributed by atoms with Gasteiger partial charge in [-0.25, -0.2) is 4.39 Å². The Labute approximate surface area is 120 Å². The Bertz CT molecular complexity index is 466. The summed E-state index contributed by atoms with van der Waals surface area (Å²) < 4.78 is 13.0. The SMILES string of the molecule is CC(c1ccc(F)cc1)N(C)C(=O)C1(C)CCNCC1. The van der Waals surface area contributed by atoms with Crippen molar-refractivity contribution in [1.29, 1.82) is 0 Å². The summed E-state index contributed by atoms with van der Waals surface area (Å²) >= 11 is 0. The highest BCUT2D eigenvalue weighted by Gasteiger charge is 2.37. The number of carbonyl (C=O) groups excluding carboxylic acids is 1. The molecule has 4 heteroatoms. The van der Waals surface area contributed by atoms with E-state index < -0.39 is 0 Å². The maximum absolute atomic E-state index is 13.0. The topological polar surface area (TPSA) is 32.3 Å². The molecule has 1 aromatic carbocycles. The van der Waals surface area contributed by atoms with Crippen LogP contribution >= 0.6 is 0 Å². The molecule has 1 aromatic rings. The van der Waals surface area contributed by atoms with E-state index in [9.17, 15) is 9.18 Å². The number of hydrogen-bond donors (Lipinski definition) is 1. The molecule has 0 radical (unpaired) electrons. The Morgan fingerprint density at radius 3 is 2.40 bits per heavy atom. The number of amides is 1. The molecule has 1 fully saturated rings. The van der Waals surface area contributed by atoms with Gasteiger partial charge in [-0.05, 0) is 50.6 Å². The predicted molar refractivity (Wildman–Crippen MR) is 77.8 cm³/mol. The minimum Gasteiger partial charge on any atom is -0.339 e. The van der Waals surface area contributed by atoms with E-state index >= 15 is 0 Å². The van der Waals surface area contributed by atoms with Crippen molar-refractivity contribution in [1.82, 2.24) is 10.2 Å². The van der Waals surface area contributed by atoms with E-state index in [0.717, 1.165) is 31.5 Å². The molecule has 1 heterocycles. The Balaban J connectivity index is 2.11. The summed E-state index contributed by atoms with van der Waals surface area (Å²) in [7, 11) is 1.84. The summed E-state index contributed by atoms with van der Waals surface area (Å²) in [6.45, 7) is 5.81. The molecule has 2 rings (SSSR count). The van der Waals surface area contributed by atoms with Crippen LogP contribution < -0.4 is 5.32 Å². The van der Waals surface area contributed by atoms with Gasteiger partial charge in [0.1, 0.15) is 5.82 Å². The molecule has 0 spiro atoms. The molecule has 110 valence electrons. The average Bonchev–Trinajstić information content (AvgIpc) is 2.46. The summed E-state index contributed by atoms with van der Waals surface area (Å²) in [6, 6.07) is 6.32. The molecule has 0 aliphatic carbocycles. The first kappa shape index (κ1) is 15.0. The molecule has 0 bridgehead atoms. The molecule has 1 N–H and O–H groups in total. The molecule has 0 saturated carbocycles. The first-order valence-corrected chi connectivity index (χ1v) is 7.17. The van der Waals surface area contributed by atoms with Gasteiger partial charge in [0.25, 0.3) is 0 Å². The quantitative estimate of drug-likeness (QED) is 0.922. The third-order valence-electron chi connectivity index (χ3n) is 4.48. The second-order valence-electron chi connectivity index (χ2n) is 5.95. The van der Waals surface area contributed by atoms with Crippen molar-refractivity contribution >= 4 is 5.91 Å². The van der Waals surface area contributed by atoms with Crippen LogP contribution in [0, 0.1) is 11.2 Å². The fourth-order valence-corrected chi connectivity index (χ4v) is 2.76. The van der Waals surface area contributed by atoms with Crippen molar-refractivity contribution in [3.05, 3.63) is 35.6 Å². The number of piperidine rings is 1. The molecular formula is C16H23FN2O. The number of rotatable bonds is 3. The first-order chi connectivity index (χ1) is 9.44.